The van der Waals surface area contributed by atoms with Gasteiger partial charge in [0.25, 0.3) is 0 Å². The van der Waals surface area contributed by atoms with Crippen LogP contribution in [0.2, 0.25) is 0 Å². The van der Waals surface area contributed by atoms with E-state index in [-0.39, 0.29) is 5.91 Å². The summed E-state index contributed by atoms with van der Waals surface area (Å²) in [6.07, 6.45) is 2.54. The summed E-state index contributed by atoms with van der Waals surface area (Å²) in [6, 6.07) is 0. The zero-order valence-corrected chi connectivity index (χ0v) is 7.09. The predicted octanol–water partition coefficient (Wildman–Crippen LogP) is 0.845. The van der Waals surface area contributed by atoms with Crippen LogP contribution in [0.15, 0.2) is 11.6 Å². The van der Waals surface area contributed by atoms with Crippen molar-refractivity contribution in [3.63, 3.8) is 0 Å². The molecule has 0 bridgehead atoms. The highest BCUT2D eigenvalue weighted by Gasteiger charge is 1.94. The van der Waals surface area contributed by atoms with Crippen LogP contribution < -0.4 is 5.73 Å². The third-order valence-corrected chi connectivity index (χ3v) is 1.31. The van der Waals surface area contributed by atoms with Gasteiger partial charge in [-0.2, -0.15) is 0 Å². The molecule has 0 radical (unpaired) electrons. The van der Waals surface area contributed by atoms with Crippen molar-refractivity contribution < 1.29 is 9.53 Å². The fraction of sp³-hybridized carbons (Fsp3) is 0.625. The van der Waals surface area contributed by atoms with Gasteiger partial charge in [0.2, 0.25) is 5.91 Å². The van der Waals surface area contributed by atoms with E-state index in [1.165, 1.54) is 0 Å². The predicted molar refractivity (Wildman–Crippen MR) is 44.1 cm³/mol. The lowest BCUT2D eigenvalue weighted by atomic mass is 10.2. The van der Waals surface area contributed by atoms with Crippen molar-refractivity contribution in [2.75, 3.05) is 13.2 Å². The minimum atomic E-state index is -0.360. The number of hydrogen-bond donors (Lipinski definition) is 1. The number of primary amides is 1. The van der Waals surface area contributed by atoms with Gasteiger partial charge in [-0.1, -0.05) is 6.08 Å². The fourth-order valence-corrected chi connectivity index (χ4v) is 0.604. The number of carbonyl (C=O) groups is 1. The number of nitrogens with two attached hydrogens (primary N) is 1. The number of ether oxygens (including phenoxy) is 1. The molecule has 0 rings (SSSR count). The van der Waals surface area contributed by atoms with Crippen LogP contribution in [0.4, 0.5) is 0 Å². The highest BCUT2D eigenvalue weighted by atomic mass is 16.5. The minimum absolute atomic E-state index is 0.360. The second-order valence-electron chi connectivity index (χ2n) is 2.24. The van der Waals surface area contributed by atoms with E-state index in [1.807, 2.05) is 6.92 Å². The zero-order valence-electron chi connectivity index (χ0n) is 7.09. The van der Waals surface area contributed by atoms with E-state index in [0.717, 1.165) is 6.42 Å². The molecular formula is C8H15NO2. The topological polar surface area (TPSA) is 52.3 Å². The largest absolute Gasteiger partial charge is 0.381 e. The molecule has 0 fully saturated rings. The Morgan fingerprint density at radius 2 is 2.27 bits per heavy atom. The summed E-state index contributed by atoms with van der Waals surface area (Å²) >= 11 is 0. The third-order valence-electron chi connectivity index (χ3n) is 1.31. The second-order valence-corrected chi connectivity index (χ2v) is 2.24. The van der Waals surface area contributed by atoms with Crippen LogP contribution in [0.5, 0.6) is 0 Å². The highest BCUT2D eigenvalue weighted by molar-refractivity contribution is 5.91. The van der Waals surface area contributed by atoms with Gasteiger partial charge in [0.15, 0.2) is 0 Å². The first-order valence-electron chi connectivity index (χ1n) is 3.72. The molecule has 64 valence electrons. The third kappa shape index (κ3) is 5.61. The minimum Gasteiger partial charge on any atom is -0.381 e. The van der Waals surface area contributed by atoms with Gasteiger partial charge >= 0.3 is 0 Å². The summed E-state index contributed by atoms with van der Waals surface area (Å²) in [6.45, 7) is 5.00. The van der Waals surface area contributed by atoms with Crippen molar-refractivity contribution in [2.24, 2.45) is 5.73 Å². The summed E-state index contributed by atoms with van der Waals surface area (Å²) < 4.78 is 5.07. The molecule has 0 aromatic rings. The van der Waals surface area contributed by atoms with E-state index in [9.17, 15) is 4.79 Å². The highest BCUT2D eigenvalue weighted by Crippen LogP contribution is 1.93. The van der Waals surface area contributed by atoms with Crippen molar-refractivity contribution in [3.8, 4) is 0 Å². The van der Waals surface area contributed by atoms with Gasteiger partial charge in [0.1, 0.15) is 0 Å². The van der Waals surface area contributed by atoms with Gasteiger partial charge < -0.3 is 10.5 Å². The Bertz CT molecular complexity index is 152. The van der Waals surface area contributed by atoms with Crippen LogP contribution in [0.25, 0.3) is 0 Å². The van der Waals surface area contributed by atoms with Gasteiger partial charge in [-0.15, -0.1) is 0 Å². The molecule has 3 heteroatoms. The van der Waals surface area contributed by atoms with Crippen molar-refractivity contribution in [3.05, 3.63) is 11.6 Å². The van der Waals surface area contributed by atoms with Crippen molar-refractivity contribution in [1.29, 1.82) is 0 Å². The molecule has 0 aromatic carbocycles. The van der Waals surface area contributed by atoms with Crippen molar-refractivity contribution in [1.82, 2.24) is 0 Å². The van der Waals surface area contributed by atoms with Crippen LogP contribution in [0, 0.1) is 0 Å². The molecule has 0 aromatic heterocycles. The average Bonchev–Trinajstić information content (AvgIpc) is 1.97. The van der Waals surface area contributed by atoms with E-state index in [1.54, 1.807) is 13.0 Å². The van der Waals surface area contributed by atoms with Crippen molar-refractivity contribution in [2.45, 2.75) is 20.3 Å². The summed E-state index contributed by atoms with van der Waals surface area (Å²) in [5.74, 6) is -0.360. The standard InChI is InChI=1S/C8H15NO2/c1-3-11-6-4-5-7(2)8(9)10/h5H,3-4,6H2,1-2H3,(H2,9,10). The van der Waals surface area contributed by atoms with E-state index < -0.39 is 0 Å². The van der Waals surface area contributed by atoms with Crippen LogP contribution in [0.1, 0.15) is 20.3 Å². The summed E-state index contributed by atoms with van der Waals surface area (Å²) in [5, 5.41) is 0. The maximum absolute atomic E-state index is 10.5. The quantitative estimate of drug-likeness (QED) is 0.475. The molecule has 0 aliphatic rings. The Hall–Kier alpha value is -0.830. The fourth-order valence-electron chi connectivity index (χ4n) is 0.604. The number of rotatable bonds is 5. The van der Waals surface area contributed by atoms with Crippen LogP contribution in [0.3, 0.4) is 0 Å². The maximum atomic E-state index is 10.5. The molecule has 2 N–H and O–H groups in total. The Labute approximate surface area is 67.2 Å². The Morgan fingerprint density at radius 3 is 2.73 bits per heavy atom. The monoisotopic (exact) mass is 157 g/mol. The molecule has 3 nitrogen and oxygen atoms in total. The van der Waals surface area contributed by atoms with E-state index in [2.05, 4.69) is 0 Å². The molecule has 0 aliphatic carbocycles. The Morgan fingerprint density at radius 1 is 1.64 bits per heavy atom. The molecule has 0 spiro atoms. The molecule has 0 atom stereocenters. The first-order valence-corrected chi connectivity index (χ1v) is 3.72. The molecule has 1 amide bonds. The molecule has 0 saturated carbocycles. The summed E-state index contributed by atoms with van der Waals surface area (Å²) in [5.41, 5.74) is 5.60. The summed E-state index contributed by atoms with van der Waals surface area (Å²) in [4.78, 5) is 10.5. The van der Waals surface area contributed by atoms with E-state index in [0.29, 0.717) is 18.8 Å². The lowest BCUT2D eigenvalue weighted by Crippen LogP contribution is -2.11. The Balaban J connectivity index is 3.48. The molecule has 0 aliphatic heterocycles. The number of carbonyl (C=O) groups excluding carboxylic acids is 1. The second kappa shape index (κ2) is 5.92. The van der Waals surface area contributed by atoms with Gasteiger partial charge in [-0.25, -0.2) is 0 Å². The van der Waals surface area contributed by atoms with Gasteiger partial charge in [0, 0.05) is 12.2 Å². The zero-order chi connectivity index (χ0) is 8.69. The van der Waals surface area contributed by atoms with Crippen LogP contribution in [-0.2, 0) is 9.53 Å². The normalized spacial score (nSPS) is 11.6. The van der Waals surface area contributed by atoms with Crippen LogP contribution in [-0.4, -0.2) is 19.1 Å². The molecule has 0 saturated heterocycles. The van der Waals surface area contributed by atoms with Gasteiger partial charge in [-0.05, 0) is 20.3 Å². The van der Waals surface area contributed by atoms with Gasteiger partial charge in [-0.3, -0.25) is 4.79 Å². The van der Waals surface area contributed by atoms with Crippen molar-refractivity contribution >= 4 is 5.91 Å². The smallest absolute Gasteiger partial charge is 0.244 e. The first kappa shape index (κ1) is 10.2. The lowest BCUT2D eigenvalue weighted by Gasteiger charge is -1.96. The lowest BCUT2D eigenvalue weighted by molar-refractivity contribution is -0.114. The van der Waals surface area contributed by atoms with E-state index >= 15 is 0 Å². The summed E-state index contributed by atoms with van der Waals surface area (Å²) in [7, 11) is 0. The molecular weight excluding hydrogens is 142 g/mol. The Kier molecular flexibility index (Phi) is 5.47. The number of hydrogen-bond acceptors (Lipinski definition) is 2. The van der Waals surface area contributed by atoms with Crippen LogP contribution >= 0.6 is 0 Å². The molecule has 11 heavy (non-hydrogen) atoms. The first-order chi connectivity index (χ1) is 5.18. The van der Waals surface area contributed by atoms with Gasteiger partial charge in [0.05, 0.1) is 6.61 Å². The SMILES string of the molecule is CCOCCC=C(C)C(N)=O. The maximum Gasteiger partial charge on any atom is 0.244 e. The molecule has 0 heterocycles. The molecule has 0 unspecified atom stereocenters. The average molecular weight is 157 g/mol. The number of amides is 1. The van der Waals surface area contributed by atoms with E-state index in [4.69, 9.17) is 10.5 Å².